The Kier molecular flexibility index (Phi) is 6.08. The van der Waals surface area contributed by atoms with Crippen molar-refractivity contribution in [3.8, 4) is 0 Å². The number of rotatable bonds is 6. The van der Waals surface area contributed by atoms with Crippen molar-refractivity contribution in [2.75, 3.05) is 19.7 Å². The quantitative estimate of drug-likeness (QED) is 0.848. The zero-order chi connectivity index (χ0) is 15.2. The van der Waals surface area contributed by atoms with Crippen LogP contribution in [0.15, 0.2) is 18.2 Å². The fraction of sp³-hybridized carbons (Fsp3) is 0.625. The second-order valence-electron chi connectivity index (χ2n) is 5.74. The first-order valence-electron chi connectivity index (χ1n) is 7.68. The molecule has 0 aromatic heterocycles. The predicted octanol–water partition coefficient (Wildman–Crippen LogP) is 2.59. The summed E-state index contributed by atoms with van der Waals surface area (Å²) in [6.07, 6.45) is 4.77. The number of nitrogens with two attached hydrogens (primary N) is 1. The van der Waals surface area contributed by atoms with Gasteiger partial charge in [0.2, 0.25) is 0 Å². The lowest BCUT2D eigenvalue weighted by Crippen LogP contribution is -2.41. The smallest absolute Gasteiger partial charge is 0.163 e. The third-order valence-corrected chi connectivity index (χ3v) is 4.32. The molecule has 0 saturated carbocycles. The minimum Gasteiger partial charge on any atom is -0.396 e. The molecule has 0 aliphatic carbocycles. The largest absolute Gasteiger partial charge is 0.396 e. The van der Waals surface area contributed by atoms with Crippen LogP contribution in [-0.2, 0) is 0 Å². The number of aliphatic hydroxyl groups excluding tert-OH is 1. The Labute approximate surface area is 124 Å². The van der Waals surface area contributed by atoms with Gasteiger partial charge in [-0.05, 0) is 38.3 Å². The SMILES string of the molecule is NC(CCN1CCCCC1CCO)c1cccc(F)c1F. The van der Waals surface area contributed by atoms with Crippen molar-refractivity contribution in [3.63, 3.8) is 0 Å². The van der Waals surface area contributed by atoms with Gasteiger partial charge in [0.25, 0.3) is 0 Å². The van der Waals surface area contributed by atoms with Gasteiger partial charge in [-0.2, -0.15) is 0 Å². The van der Waals surface area contributed by atoms with Gasteiger partial charge in [0, 0.05) is 30.8 Å². The van der Waals surface area contributed by atoms with E-state index in [4.69, 9.17) is 10.8 Å². The average molecular weight is 298 g/mol. The van der Waals surface area contributed by atoms with Gasteiger partial charge in [-0.15, -0.1) is 0 Å². The van der Waals surface area contributed by atoms with Gasteiger partial charge in [0.1, 0.15) is 0 Å². The number of hydrogen-bond donors (Lipinski definition) is 2. The maximum absolute atomic E-state index is 13.7. The second kappa shape index (κ2) is 7.82. The lowest BCUT2D eigenvalue weighted by atomic mass is 9.97. The average Bonchev–Trinajstić information content (AvgIpc) is 2.49. The number of halogens is 2. The van der Waals surface area contributed by atoms with Crippen LogP contribution in [0.4, 0.5) is 8.78 Å². The molecule has 0 spiro atoms. The van der Waals surface area contributed by atoms with Gasteiger partial charge in [-0.25, -0.2) is 8.78 Å². The molecule has 1 aliphatic heterocycles. The van der Waals surface area contributed by atoms with Gasteiger partial charge < -0.3 is 15.7 Å². The van der Waals surface area contributed by atoms with Gasteiger partial charge >= 0.3 is 0 Å². The molecule has 118 valence electrons. The fourth-order valence-electron chi connectivity index (χ4n) is 3.10. The Balaban J connectivity index is 1.93. The molecule has 1 heterocycles. The molecule has 5 heteroatoms. The summed E-state index contributed by atoms with van der Waals surface area (Å²) in [5, 5.41) is 9.12. The Morgan fingerprint density at radius 1 is 1.33 bits per heavy atom. The highest BCUT2D eigenvalue weighted by atomic mass is 19.2. The first-order valence-corrected chi connectivity index (χ1v) is 7.68. The maximum atomic E-state index is 13.7. The van der Waals surface area contributed by atoms with Gasteiger partial charge in [-0.3, -0.25) is 0 Å². The van der Waals surface area contributed by atoms with Crippen LogP contribution in [-0.4, -0.2) is 35.7 Å². The molecule has 1 aliphatic rings. The molecule has 1 aromatic carbocycles. The van der Waals surface area contributed by atoms with Crippen molar-refractivity contribution in [2.45, 2.75) is 44.2 Å². The van der Waals surface area contributed by atoms with E-state index in [9.17, 15) is 8.78 Å². The van der Waals surface area contributed by atoms with Crippen molar-refractivity contribution < 1.29 is 13.9 Å². The standard InChI is InChI=1S/C16H24F2N2O/c17-14-6-3-5-13(16(14)18)15(19)7-10-20-9-2-1-4-12(20)8-11-21/h3,5-6,12,15,21H,1-2,4,7-11,19H2. The summed E-state index contributed by atoms with van der Waals surface area (Å²) in [7, 11) is 0. The number of piperidine rings is 1. The van der Waals surface area contributed by atoms with Crippen LogP contribution in [0.5, 0.6) is 0 Å². The first-order chi connectivity index (χ1) is 10.1. The fourth-order valence-corrected chi connectivity index (χ4v) is 3.10. The molecule has 1 fully saturated rings. The number of aliphatic hydroxyl groups is 1. The normalized spacial score (nSPS) is 21.4. The summed E-state index contributed by atoms with van der Waals surface area (Å²) in [6.45, 7) is 1.93. The van der Waals surface area contributed by atoms with Gasteiger partial charge in [-0.1, -0.05) is 18.6 Å². The zero-order valence-electron chi connectivity index (χ0n) is 12.3. The zero-order valence-corrected chi connectivity index (χ0v) is 12.3. The van der Waals surface area contributed by atoms with Gasteiger partial charge in [0.15, 0.2) is 11.6 Å². The topological polar surface area (TPSA) is 49.5 Å². The first kappa shape index (κ1) is 16.3. The highest BCUT2D eigenvalue weighted by Crippen LogP contribution is 2.23. The third-order valence-electron chi connectivity index (χ3n) is 4.32. The predicted molar refractivity (Wildman–Crippen MR) is 78.8 cm³/mol. The molecule has 0 amide bonds. The summed E-state index contributed by atoms with van der Waals surface area (Å²) in [4.78, 5) is 2.32. The summed E-state index contributed by atoms with van der Waals surface area (Å²) in [5.74, 6) is -1.69. The molecule has 2 unspecified atom stereocenters. The molecule has 21 heavy (non-hydrogen) atoms. The van der Waals surface area contributed by atoms with Crippen LogP contribution in [0.25, 0.3) is 0 Å². The van der Waals surface area contributed by atoms with Crippen molar-refractivity contribution in [2.24, 2.45) is 5.73 Å². The van der Waals surface area contributed by atoms with E-state index in [1.807, 2.05) is 0 Å². The van der Waals surface area contributed by atoms with E-state index < -0.39 is 17.7 Å². The number of nitrogens with zero attached hydrogens (tertiary/aromatic N) is 1. The Morgan fingerprint density at radius 3 is 2.90 bits per heavy atom. The molecular formula is C16H24F2N2O. The summed E-state index contributed by atoms with van der Waals surface area (Å²) < 4.78 is 26.9. The minimum atomic E-state index is -0.848. The highest BCUT2D eigenvalue weighted by molar-refractivity contribution is 5.22. The molecule has 0 radical (unpaired) electrons. The Hall–Kier alpha value is -1.04. The van der Waals surface area contributed by atoms with Crippen LogP contribution in [0.3, 0.4) is 0 Å². The van der Waals surface area contributed by atoms with E-state index in [1.54, 1.807) is 6.07 Å². The molecular weight excluding hydrogens is 274 g/mol. The van der Waals surface area contributed by atoms with E-state index in [0.717, 1.165) is 38.4 Å². The molecule has 1 aromatic rings. The van der Waals surface area contributed by atoms with Crippen LogP contribution in [0.1, 0.15) is 43.7 Å². The Bertz CT molecular complexity index is 454. The van der Waals surface area contributed by atoms with E-state index in [0.29, 0.717) is 12.5 Å². The monoisotopic (exact) mass is 298 g/mol. The molecule has 2 rings (SSSR count). The number of benzene rings is 1. The Morgan fingerprint density at radius 2 is 2.14 bits per heavy atom. The summed E-state index contributed by atoms with van der Waals surface area (Å²) in [5.41, 5.74) is 6.26. The second-order valence-corrected chi connectivity index (χ2v) is 5.74. The van der Waals surface area contributed by atoms with Crippen LogP contribution >= 0.6 is 0 Å². The van der Waals surface area contributed by atoms with E-state index >= 15 is 0 Å². The van der Waals surface area contributed by atoms with Crippen molar-refractivity contribution in [1.82, 2.24) is 4.90 Å². The highest BCUT2D eigenvalue weighted by Gasteiger charge is 2.23. The molecule has 3 N–H and O–H groups in total. The van der Waals surface area contributed by atoms with Crippen LogP contribution in [0.2, 0.25) is 0 Å². The van der Waals surface area contributed by atoms with Crippen LogP contribution in [0, 0.1) is 11.6 Å². The van der Waals surface area contributed by atoms with Crippen molar-refractivity contribution in [1.29, 1.82) is 0 Å². The molecule has 3 nitrogen and oxygen atoms in total. The van der Waals surface area contributed by atoms with Gasteiger partial charge in [0.05, 0.1) is 0 Å². The number of hydrogen-bond acceptors (Lipinski definition) is 3. The number of likely N-dealkylation sites (tertiary alicyclic amines) is 1. The third kappa shape index (κ3) is 4.22. The maximum Gasteiger partial charge on any atom is 0.163 e. The summed E-state index contributed by atoms with van der Waals surface area (Å²) >= 11 is 0. The molecule has 0 bridgehead atoms. The lowest BCUT2D eigenvalue weighted by molar-refractivity contribution is 0.116. The minimum absolute atomic E-state index is 0.186. The van der Waals surface area contributed by atoms with E-state index in [-0.39, 0.29) is 12.2 Å². The molecule has 2 atom stereocenters. The van der Waals surface area contributed by atoms with E-state index in [1.165, 1.54) is 12.5 Å². The molecule has 1 saturated heterocycles. The van der Waals surface area contributed by atoms with E-state index in [2.05, 4.69) is 4.90 Å². The summed E-state index contributed by atoms with van der Waals surface area (Å²) in [6, 6.07) is 4.02. The van der Waals surface area contributed by atoms with Crippen molar-refractivity contribution in [3.05, 3.63) is 35.4 Å². The van der Waals surface area contributed by atoms with Crippen LogP contribution < -0.4 is 5.73 Å². The lowest BCUT2D eigenvalue weighted by Gasteiger charge is -2.36. The van der Waals surface area contributed by atoms with Crippen molar-refractivity contribution >= 4 is 0 Å².